The van der Waals surface area contributed by atoms with Crippen molar-refractivity contribution in [1.29, 1.82) is 0 Å². The van der Waals surface area contributed by atoms with Crippen LogP contribution >= 0.6 is 0 Å². The van der Waals surface area contributed by atoms with Crippen LogP contribution in [0.5, 0.6) is 0 Å². The quantitative estimate of drug-likeness (QED) is 0.817. The lowest BCUT2D eigenvalue weighted by molar-refractivity contribution is -0.143. The van der Waals surface area contributed by atoms with E-state index in [1.54, 1.807) is 9.80 Å². The van der Waals surface area contributed by atoms with Crippen LogP contribution in [-0.2, 0) is 16.1 Å². The molecule has 0 unspecified atom stereocenters. The number of aliphatic carboxylic acids is 1. The topological polar surface area (TPSA) is 90.0 Å². The van der Waals surface area contributed by atoms with Gasteiger partial charge in [0.2, 0.25) is 5.91 Å². The van der Waals surface area contributed by atoms with Gasteiger partial charge in [-0.1, -0.05) is 30.3 Å². The van der Waals surface area contributed by atoms with Gasteiger partial charge in [-0.2, -0.15) is 0 Å². The molecule has 0 saturated carbocycles. The summed E-state index contributed by atoms with van der Waals surface area (Å²) in [6.45, 7) is 3.72. The summed E-state index contributed by atoms with van der Waals surface area (Å²) in [4.78, 5) is 38.7. The van der Waals surface area contributed by atoms with Crippen LogP contribution in [0.25, 0.3) is 0 Å². The Kier molecular flexibility index (Phi) is 6.80. The fourth-order valence-corrected chi connectivity index (χ4v) is 2.88. The molecule has 0 radical (unpaired) electrons. The maximum absolute atomic E-state index is 12.3. The SMILES string of the molecule is CCN(Cc1ccccc1)C(=O)CNC(=O)N1CCC(C(=O)O)CC1. The number of carbonyl (C=O) groups is 3. The molecule has 1 aromatic carbocycles. The molecule has 25 heavy (non-hydrogen) atoms. The van der Waals surface area contributed by atoms with E-state index in [2.05, 4.69) is 5.32 Å². The summed E-state index contributed by atoms with van der Waals surface area (Å²) in [5.41, 5.74) is 1.04. The third-order valence-electron chi connectivity index (χ3n) is 4.47. The number of hydrogen-bond acceptors (Lipinski definition) is 3. The molecule has 1 fully saturated rings. The first-order valence-corrected chi connectivity index (χ1v) is 8.58. The van der Waals surface area contributed by atoms with Crippen LogP contribution < -0.4 is 5.32 Å². The van der Waals surface area contributed by atoms with Gasteiger partial charge in [0.15, 0.2) is 0 Å². The van der Waals surface area contributed by atoms with Gasteiger partial charge in [-0.05, 0) is 25.3 Å². The smallest absolute Gasteiger partial charge is 0.317 e. The van der Waals surface area contributed by atoms with Crippen LogP contribution in [0.4, 0.5) is 4.79 Å². The van der Waals surface area contributed by atoms with E-state index in [4.69, 9.17) is 5.11 Å². The first kappa shape index (κ1) is 18.8. The summed E-state index contributed by atoms with van der Waals surface area (Å²) in [7, 11) is 0. The number of carboxylic acids is 1. The Morgan fingerprint density at radius 3 is 2.40 bits per heavy atom. The molecule has 1 aliphatic rings. The fourth-order valence-electron chi connectivity index (χ4n) is 2.88. The summed E-state index contributed by atoms with van der Waals surface area (Å²) >= 11 is 0. The van der Waals surface area contributed by atoms with E-state index in [-0.39, 0.29) is 24.4 Å². The highest BCUT2D eigenvalue weighted by Crippen LogP contribution is 2.17. The zero-order valence-corrected chi connectivity index (χ0v) is 14.5. The molecular weight excluding hydrogens is 322 g/mol. The zero-order chi connectivity index (χ0) is 18.2. The Balaban J connectivity index is 1.78. The van der Waals surface area contributed by atoms with Gasteiger partial charge in [-0.3, -0.25) is 9.59 Å². The van der Waals surface area contributed by atoms with Crippen molar-refractivity contribution in [3.63, 3.8) is 0 Å². The lowest BCUT2D eigenvalue weighted by Gasteiger charge is -2.30. The first-order chi connectivity index (χ1) is 12.0. The summed E-state index contributed by atoms with van der Waals surface area (Å²) in [6, 6.07) is 9.39. The molecule has 136 valence electrons. The van der Waals surface area contributed by atoms with Crippen molar-refractivity contribution in [2.45, 2.75) is 26.3 Å². The van der Waals surface area contributed by atoms with Gasteiger partial charge >= 0.3 is 12.0 Å². The van der Waals surface area contributed by atoms with Gasteiger partial charge in [0.05, 0.1) is 12.5 Å². The van der Waals surface area contributed by atoms with Crippen molar-refractivity contribution >= 4 is 17.9 Å². The van der Waals surface area contributed by atoms with Gasteiger partial charge in [0, 0.05) is 26.2 Å². The summed E-state index contributed by atoms with van der Waals surface area (Å²) in [6.07, 6.45) is 0.900. The van der Waals surface area contributed by atoms with Crippen molar-refractivity contribution < 1.29 is 19.5 Å². The maximum Gasteiger partial charge on any atom is 0.317 e. The predicted molar refractivity (Wildman–Crippen MR) is 92.9 cm³/mol. The molecule has 0 atom stereocenters. The van der Waals surface area contributed by atoms with Crippen LogP contribution in [0.15, 0.2) is 30.3 Å². The number of carboxylic acid groups (broad SMARTS) is 1. The van der Waals surface area contributed by atoms with Gasteiger partial charge in [-0.15, -0.1) is 0 Å². The second-order valence-electron chi connectivity index (χ2n) is 6.15. The van der Waals surface area contributed by atoms with Crippen molar-refractivity contribution in [3.8, 4) is 0 Å². The largest absolute Gasteiger partial charge is 0.481 e. The predicted octanol–water partition coefficient (Wildman–Crippen LogP) is 1.54. The number of piperidine rings is 1. The van der Waals surface area contributed by atoms with Crippen LogP contribution in [0.2, 0.25) is 0 Å². The Bertz CT molecular complexity index is 598. The van der Waals surface area contributed by atoms with E-state index in [0.717, 1.165) is 5.56 Å². The third kappa shape index (κ3) is 5.48. The molecule has 0 spiro atoms. The number of likely N-dealkylation sites (tertiary alicyclic amines) is 1. The second kappa shape index (κ2) is 9.05. The standard InChI is InChI=1S/C18H25N3O4/c1-2-20(13-14-6-4-3-5-7-14)16(22)12-19-18(25)21-10-8-15(9-11-21)17(23)24/h3-7,15H,2,8-13H2,1H3,(H,19,25)(H,23,24). The lowest BCUT2D eigenvalue weighted by atomic mass is 9.97. The van der Waals surface area contributed by atoms with Crippen molar-refractivity contribution in [2.24, 2.45) is 5.92 Å². The van der Waals surface area contributed by atoms with Crippen molar-refractivity contribution in [1.82, 2.24) is 15.1 Å². The van der Waals surface area contributed by atoms with Crippen LogP contribution in [0, 0.1) is 5.92 Å². The number of likely N-dealkylation sites (N-methyl/N-ethyl adjacent to an activating group) is 1. The van der Waals surface area contributed by atoms with E-state index in [9.17, 15) is 14.4 Å². The van der Waals surface area contributed by atoms with Crippen LogP contribution in [0.3, 0.4) is 0 Å². The summed E-state index contributed by atoms with van der Waals surface area (Å²) in [5, 5.41) is 11.6. The molecular formula is C18H25N3O4. The first-order valence-electron chi connectivity index (χ1n) is 8.58. The Hall–Kier alpha value is -2.57. The van der Waals surface area contributed by atoms with E-state index >= 15 is 0 Å². The number of rotatable bonds is 6. The molecule has 1 aromatic rings. The highest BCUT2D eigenvalue weighted by atomic mass is 16.4. The van der Waals surface area contributed by atoms with E-state index in [0.29, 0.717) is 39.0 Å². The Labute approximate surface area is 147 Å². The highest BCUT2D eigenvalue weighted by Gasteiger charge is 2.27. The van der Waals surface area contributed by atoms with Gasteiger partial charge < -0.3 is 20.2 Å². The fraction of sp³-hybridized carbons (Fsp3) is 0.500. The van der Waals surface area contributed by atoms with Crippen LogP contribution in [0.1, 0.15) is 25.3 Å². The second-order valence-corrected chi connectivity index (χ2v) is 6.15. The molecule has 3 amide bonds. The minimum Gasteiger partial charge on any atom is -0.481 e. The molecule has 1 aliphatic heterocycles. The maximum atomic E-state index is 12.3. The summed E-state index contributed by atoms with van der Waals surface area (Å²) < 4.78 is 0. The minimum absolute atomic E-state index is 0.0572. The number of carbonyl (C=O) groups excluding carboxylic acids is 2. The molecule has 1 saturated heterocycles. The third-order valence-corrected chi connectivity index (χ3v) is 4.47. The molecule has 1 heterocycles. The average molecular weight is 347 g/mol. The number of nitrogens with one attached hydrogen (secondary N) is 1. The van der Waals surface area contributed by atoms with Crippen molar-refractivity contribution in [2.75, 3.05) is 26.2 Å². The zero-order valence-electron chi connectivity index (χ0n) is 14.5. The minimum atomic E-state index is -0.810. The average Bonchev–Trinajstić information content (AvgIpc) is 2.64. The molecule has 0 aliphatic carbocycles. The molecule has 2 N–H and O–H groups in total. The molecule has 7 heteroatoms. The number of amides is 3. The van der Waals surface area contributed by atoms with E-state index in [1.165, 1.54) is 0 Å². The monoisotopic (exact) mass is 347 g/mol. The number of urea groups is 1. The van der Waals surface area contributed by atoms with Gasteiger partial charge in [0.25, 0.3) is 0 Å². The highest BCUT2D eigenvalue weighted by molar-refractivity contribution is 5.84. The molecule has 0 bridgehead atoms. The van der Waals surface area contributed by atoms with E-state index < -0.39 is 5.97 Å². The lowest BCUT2D eigenvalue weighted by Crippen LogP contribution is -2.48. The van der Waals surface area contributed by atoms with Crippen molar-refractivity contribution in [3.05, 3.63) is 35.9 Å². The summed E-state index contributed by atoms with van der Waals surface area (Å²) in [5.74, 6) is -1.33. The number of hydrogen-bond donors (Lipinski definition) is 2. The number of benzene rings is 1. The molecule has 7 nitrogen and oxygen atoms in total. The normalized spacial score (nSPS) is 14.8. The van der Waals surface area contributed by atoms with E-state index in [1.807, 2.05) is 37.3 Å². The Morgan fingerprint density at radius 2 is 1.84 bits per heavy atom. The molecule has 2 rings (SSSR count). The Morgan fingerprint density at radius 1 is 1.20 bits per heavy atom. The van der Waals surface area contributed by atoms with Gasteiger partial charge in [0.1, 0.15) is 0 Å². The number of nitrogens with zero attached hydrogens (tertiary/aromatic N) is 2. The van der Waals surface area contributed by atoms with Gasteiger partial charge in [-0.25, -0.2) is 4.79 Å². The van der Waals surface area contributed by atoms with Crippen LogP contribution in [-0.4, -0.2) is 59.0 Å². The molecule has 0 aromatic heterocycles.